The Morgan fingerprint density at radius 2 is 1.80 bits per heavy atom. The molecule has 1 aliphatic heterocycles. The van der Waals surface area contributed by atoms with Gasteiger partial charge in [0.1, 0.15) is 0 Å². The number of aromatic nitrogens is 2. The molecule has 0 bridgehead atoms. The molecule has 0 fully saturated rings. The Labute approximate surface area is 172 Å². The van der Waals surface area contributed by atoms with Gasteiger partial charge < -0.3 is 15.4 Å². The maximum Gasteiger partial charge on any atom is 0.414 e. The molecule has 0 radical (unpaired) electrons. The molecule has 5 rings (SSSR count). The fraction of sp³-hybridized carbons (Fsp3) is 0.0870. The first-order chi connectivity index (χ1) is 14.6. The second-order valence-corrected chi connectivity index (χ2v) is 7.10. The van der Waals surface area contributed by atoms with E-state index in [4.69, 9.17) is 4.98 Å². The van der Waals surface area contributed by atoms with Gasteiger partial charge in [-0.05, 0) is 24.3 Å². The van der Waals surface area contributed by atoms with Gasteiger partial charge in [-0.3, -0.25) is 4.79 Å². The number of carbonyl (C=O) groups is 2. The quantitative estimate of drug-likeness (QED) is 0.467. The topological polar surface area (TPSA) is 98.3 Å². The SMILES string of the molecule is O=C(O)N1CCc2[nH]c(-c3ccc4ccccc4n3)c(Nc3ccccc3)c2C1=O. The van der Waals surface area contributed by atoms with Gasteiger partial charge in [0, 0.05) is 29.7 Å². The molecule has 30 heavy (non-hydrogen) atoms. The summed E-state index contributed by atoms with van der Waals surface area (Å²) in [6.07, 6.45) is -0.826. The van der Waals surface area contributed by atoms with Crippen LogP contribution in [0.1, 0.15) is 16.1 Å². The van der Waals surface area contributed by atoms with Crippen LogP contribution in [0.15, 0.2) is 66.7 Å². The Kier molecular flexibility index (Phi) is 4.21. The summed E-state index contributed by atoms with van der Waals surface area (Å²) in [4.78, 5) is 33.5. The Morgan fingerprint density at radius 1 is 1.03 bits per heavy atom. The van der Waals surface area contributed by atoms with E-state index in [2.05, 4.69) is 10.3 Å². The van der Waals surface area contributed by atoms with Crippen molar-refractivity contribution in [1.82, 2.24) is 14.9 Å². The third-order valence-electron chi connectivity index (χ3n) is 5.25. The van der Waals surface area contributed by atoms with E-state index in [1.807, 2.05) is 66.7 Å². The second kappa shape index (κ2) is 7.04. The fourth-order valence-corrected chi connectivity index (χ4v) is 3.81. The zero-order chi connectivity index (χ0) is 20.7. The van der Waals surface area contributed by atoms with Gasteiger partial charge in [0.15, 0.2) is 0 Å². The summed E-state index contributed by atoms with van der Waals surface area (Å²) in [6, 6.07) is 21.1. The summed E-state index contributed by atoms with van der Waals surface area (Å²) in [5.74, 6) is -0.537. The number of hydrogen-bond donors (Lipinski definition) is 3. The fourth-order valence-electron chi connectivity index (χ4n) is 3.81. The minimum absolute atomic E-state index is 0.122. The highest BCUT2D eigenvalue weighted by molar-refractivity contribution is 6.10. The first-order valence-corrected chi connectivity index (χ1v) is 9.59. The number of imide groups is 1. The number of hydrogen-bond acceptors (Lipinski definition) is 4. The van der Waals surface area contributed by atoms with E-state index in [1.54, 1.807) is 0 Å². The van der Waals surface area contributed by atoms with Crippen molar-refractivity contribution in [3.8, 4) is 11.4 Å². The van der Waals surface area contributed by atoms with Crippen LogP contribution < -0.4 is 5.32 Å². The molecule has 0 aliphatic carbocycles. The number of fused-ring (bicyclic) bond motifs is 2. The minimum Gasteiger partial charge on any atom is -0.465 e. The van der Waals surface area contributed by atoms with Crippen molar-refractivity contribution in [1.29, 1.82) is 0 Å². The van der Waals surface area contributed by atoms with Gasteiger partial charge in [0.25, 0.3) is 5.91 Å². The van der Waals surface area contributed by atoms with Crippen LogP contribution in [0.25, 0.3) is 22.3 Å². The molecular formula is C23H18N4O3. The zero-order valence-corrected chi connectivity index (χ0v) is 15.9. The molecule has 1 aliphatic rings. The number of amides is 2. The van der Waals surface area contributed by atoms with Crippen molar-refractivity contribution in [3.05, 3.63) is 78.0 Å². The summed E-state index contributed by atoms with van der Waals surface area (Å²) < 4.78 is 0. The van der Waals surface area contributed by atoms with Gasteiger partial charge >= 0.3 is 6.09 Å². The number of H-pyrrole nitrogens is 1. The second-order valence-electron chi connectivity index (χ2n) is 7.10. The van der Waals surface area contributed by atoms with Gasteiger partial charge in [-0.1, -0.05) is 42.5 Å². The predicted octanol–water partition coefficient (Wildman–Crippen LogP) is 4.65. The van der Waals surface area contributed by atoms with Crippen LogP contribution in [0.2, 0.25) is 0 Å². The van der Waals surface area contributed by atoms with Crippen LogP contribution in [-0.4, -0.2) is 38.5 Å². The van der Waals surface area contributed by atoms with Crippen LogP contribution in [-0.2, 0) is 6.42 Å². The molecule has 7 heteroatoms. The number of aromatic amines is 1. The van der Waals surface area contributed by atoms with Gasteiger partial charge in [0.05, 0.1) is 28.2 Å². The lowest BCUT2D eigenvalue weighted by Gasteiger charge is -2.23. The molecule has 0 atom stereocenters. The standard InChI is InChI=1S/C23H18N4O3/c28-22-19-17(12-13-27(22)23(29)30)26-20(21(19)24-15-7-2-1-3-8-15)18-11-10-14-6-4-5-9-16(14)25-18/h1-11,24,26H,12-13H2,(H,29,30). The first kappa shape index (κ1) is 17.9. The highest BCUT2D eigenvalue weighted by atomic mass is 16.4. The molecule has 3 heterocycles. The summed E-state index contributed by atoms with van der Waals surface area (Å²) in [5, 5.41) is 13.7. The number of nitrogens with one attached hydrogen (secondary N) is 2. The van der Waals surface area contributed by atoms with Crippen LogP contribution in [0.5, 0.6) is 0 Å². The molecule has 148 valence electrons. The molecule has 0 saturated heterocycles. The lowest BCUT2D eigenvalue weighted by atomic mass is 10.0. The van der Waals surface area contributed by atoms with Crippen LogP contribution in [0, 0.1) is 0 Å². The van der Waals surface area contributed by atoms with Gasteiger partial charge in [0.2, 0.25) is 0 Å². The Bertz CT molecular complexity index is 1280. The Hall–Kier alpha value is -4.13. The molecule has 7 nitrogen and oxygen atoms in total. The van der Waals surface area contributed by atoms with Crippen LogP contribution in [0.3, 0.4) is 0 Å². The van der Waals surface area contributed by atoms with Gasteiger partial charge in [-0.25, -0.2) is 14.7 Å². The maximum absolute atomic E-state index is 13.0. The molecule has 0 saturated carbocycles. The Balaban J connectivity index is 1.69. The monoisotopic (exact) mass is 398 g/mol. The average Bonchev–Trinajstić information content (AvgIpc) is 3.13. The normalized spacial score (nSPS) is 13.3. The zero-order valence-electron chi connectivity index (χ0n) is 15.9. The van der Waals surface area contributed by atoms with Crippen LogP contribution in [0.4, 0.5) is 16.2 Å². The van der Waals surface area contributed by atoms with Crippen molar-refractivity contribution < 1.29 is 14.7 Å². The number of nitrogens with zero attached hydrogens (tertiary/aromatic N) is 2. The summed E-state index contributed by atoms with van der Waals surface area (Å²) in [5.41, 5.74) is 4.56. The van der Waals surface area contributed by atoms with E-state index >= 15 is 0 Å². The highest BCUT2D eigenvalue weighted by Crippen LogP contribution is 2.37. The summed E-state index contributed by atoms with van der Waals surface area (Å²) in [7, 11) is 0. The molecule has 0 spiro atoms. The third kappa shape index (κ3) is 2.97. The van der Waals surface area contributed by atoms with E-state index in [9.17, 15) is 14.7 Å². The lowest BCUT2D eigenvalue weighted by molar-refractivity contribution is 0.0728. The van der Waals surface area contributed by atoms with E-state index < -0.39 is 12.0 Å². The first-order valence-electron chi connectivity index (χ1n) is 9.59. The van der Waals surface area contributed by atoms with Crippen molar-refractivity contribution >= 4 is 34.3 Å². The predicted molar refractivity (Wildman–Crippen MR) is 114 cm³/mol. The highest BCUT2D eigenvalue weighted by Gasteiger charge is 2.34. The van der Waals surface area contributed by atoms with Crippen molar-refractivity contribution in [3.63, 3.8) is 0 Å². The van der Waals surface area contributed by atoms with Gasteiger partial charge in [-0.15, -0.1) is 0 Å². The maximum atomic E-state index is 13.0. The van der Waals surface area contributed by atoms with E-state index in [0.29, 0.717) is 34.8 Å². The average molecular weight is 398 g/mol. The minimum atomic E-state index is -1.25. The van der Waals surface area contributed by atoms with Crippen molar-refractivity contribution in [2.45, 2.75) is 6.42 Å². The number of para-hydroxylation sites is 2. The molecule has 0 unspecified atom stereocenters. The van der Waals surface area contributed by atoms with E-state index in [-0.39, 0.29) is 6.54 Å². The number of anilines is 2. The molecule has 4 aromatic rings. The van der Waals surface area contributed by atoms with Gasteiger partial charge in [-0.2, -0.15) is 0 Å². The number of carbonyl (C=O) groups excluding carboxylic acids is 1. The van der Waals surface area contributed by atoms with Crippen LogP contribution >= 0.6 is 0 Å². The molecule has 3 N–H and O–H groups in total. The third-order valence-corrected chi connectivity index (χ3v) is 5.25. The number of carboxylic acid groups (broad SMARTS) is 1. The van der Waals surface area contributed by atoms with E-state index in [0.717, 1.165) is 21.5 Å². The van der Waals surface area contributed by atoms with E-state index in [1.165, 1.54) is 0 Å². The number of pyridine rings is 1. The number of benzene rings is 2. The van der Waals surface area contributed by atoms with Crippen molar-refractivity contribution in [2.24, 2.45) is 0 Å². The molecule has 2 amide bonds. The molecule has 2 aromatic carbocycles. The lowest BCUT2D eigenvalue weighted by Crippen LogP contribution is -2.41. The number of rotatable bonds is 3. The molecule has 2 aromatic heterocycles. The smallest absolute Gasteiger partial charge is 0.414 e. The summed E-state index contributed by atoms with van der Waals surface area (Å²) in [6.45, 7) is 0.122. The molecular weight excluding hydrogens is 380 g/mol. The summed E-state index contributed by atoms with van der Waals surface area (Å²) >= 11 is 0. The Morgan fingerprint density at radius 3 is 2.60 bits per heavy atom. The largest absolute Gasteiger partial charge is 0.465 e. The van der Waals surface area contributed by atoms with Crippen molar-refractivity contribution in [2.75, 3.05) is 11.9 Å².